The molecule has 0 bridgehead atoms. The zero-order chi connectivity index (χ0) is 11.5. The molecule has 2 aliphatic heterocycles. The Morgan fingerprint density at radius 1 is 1.44 bits per heavy atom. The van der Waals surface area contributed by atoms with Crippen molar-refractivity contribution in [1.29, 1.82) is 0 Å². The lowest BCUT2D eigenvalue weighted by atomic mass is 10.1. The van der Waals surface area contributed by atoms with Crippen molar-refractivity contribution in [3.8, 4) is 0 Å². The van der Waals surface area contributed by atoms with E-state index in [1.54, 1.807) is 0 Å². The van der Waals surface area contributed by atoms with Crippen LogP contribution < -0.4 is 5.73 Å². The summed E-state index contributed by atoms with van der Waals surface area (Å²) in [5.41, 5.74) is 5.91. The number of amides is 1. The van der Waals surface area contributed by atoms with Gasteiger partial charge in [0.1, 0.15) is 0 Å². The summed E-state index contributed by atoms with van der Waals surface area (Å²) in [6.45, 7) is 3.66. The summed E-state index contributed by atoms with van der Waals surface area (Å²) in [5, 5.41) is 0. The third-order valence-corrected chi connectivity index (χ3v) is 3.81. The van der Waals surface area contributed by atoms with Crippen LogP contribution in [0.3, 0.4) is 0 Å². The van der Waals surface area contributed by atoms with Gasteiger partial charge in [-0.25, -0.2) is 0 Å². The first-order chi connectivity index (χ1) is 7.68. The second-order valence-corrected chi connectivity index (χ2v) is 4.97. The van der Waals surface area contributed by atoms with E-state index in [2.05, 4.69) is 0 Å². The smallest absolute Gasteiger partial charge is 0.225 e. The summed E-state index contributed by atoms with van der Waals surface area (Å²) >= 11 is 0. The molecule has 2 fully saturated rings. The molecule has 2 saturated heterocycles. The number of nitrogens with zero attached hydrogens (tertiary/aromatic N) is 1. The molecule has 0 spiro atoms. The van der Waals surface area contributed by atoms with Crippen molar-refractivity contribution in [2.45, 2.75) is 57.2 Å². The number of ether oxygens (including phenoxy) is 1. The lowest BCUT2D eigenvalue weighted by molar-refractivity contribution is -0.135. The largest absolute Gasteiger partial charge is 0.378 e. The van der Waals surface area contributed by atoms with Gasteiger partial charge in [-0.05, 0) is 32.6 Å². The average molecular weight is 226 g/mol. The van der Waals surface area contributed by atoms with E-state index in [0.29, 0.717) is 6.42 Å². The van der Waals surface area contributed by atoms with E-state index in [1.165, 1.54) is 6.42 Å². The lowest BCUT2D eigenvalue weighted by Gasteiger charge is -2.27. The van der Waals surface area contributed by atoms with Crippen molar-refractivity contribution in [3.63, 3.8) is 0 Å². The summed E-state index contributed by atoms with van der Waals surface area (Å²) in [6.07, 6.45) is 4.96. The molecule has 2 rings (SSSR count). The van der Waals surface area contributed by atoms with Gasteiger partial charge in [0.05, 0.1) is 12.5 Å². The fraction of sp³-hybridized carbons (Fsp3) is 0.917. The maximum atomic E-state index is 12.1. The minimum Gasteiger partial charge on any atom is -0.378 e. The van der Waals surface area contributed by atoms with Crippen LogP contribution in [0, 0.1) is 0 Å². The highest BCUT2D eigenvalue weighted by atomic mass is 16.5. The monoisotopic (exact) mass is 226 g/mol. The van der Waals surface area contributed by atoms with Crippen LogP contribution >= 0.6 is 0 Å². The molecule has 4 nitrogen and oxygen atoms in total. The van der Waals surface area contributed by atoms with Crippen molar-refractivity contribution in [2.75, 3.05) is 13.2 Å². The fourth-order valence-corrected chi connectivity index (χ4v) is 2.60. The number of hydrogen-bond acceptors (Lipinski definition) is 3. The van der Waals surface area contributed by atoms with Crippen molar-refractivity contribution in [2.24, 2.45) is 5.73 Å². The van der Waals surface area contributed by atoms with E-state index in [-0.39, 0.29) is 24.1 Å². The Labute approximate surface area is 97.1 Å². The van der Waals surface area contributed by atoms with Crippen molar-refractivity contribution in [1.82, 2.24) is 4.90 Å². The Morgan fingerprint density at radius 2 is 2.25 bits per heavy atom. The van der Waals surface area contributed by atoms with Gasteiger partial charge in [-0.3, -0.25) is 4.79 Å². The van der Waals surface area contributed by atoms with Gasteiger partial charge in [0.25, 0.3) is 0 Å². The van der Waals surface area contributed by atoms with E-state index < -0.39 is 0 Å². The zero-order valence-electron chi connectivity index (χ0n) is 10.0. The quantitative estimate of drug-likeness (QED) is 0.761. The van der Waals surface area contributed by atoms with Crippen LogP contribution in [-0.2, 0) is 9.53 Å². The van der Waals surface area contributed by atoms with Crippen LogP contribution in [0.4, 0.5) is 0 Å². The van der Waals surface area contributed by atoms with Gasteiger partial charge in [0.2, 0.25) is 5.91 Å². The Balaban J connectivity index is 1.83. The second kappa shape index (κ2) is 5.15. The number of hydrogen-bond donors (Lipinski definition) is 1. The van der Waals surface area contributed by atoms with E-state index in [9.17, 15) is 4.79 Å². The minimum atomic E-state index is 0.144. The van der Waals surface area contributed by atoms with Crippen molar-refractivity contribution in [3.05, 3.63) is 0 Å². The highest BCUT2D eigenvalue weighted by molar-refractivity contribution is 5.77. The average Bonchev–Trinajstić information content (AvgIpc) is 2.61. The van der Waals surface area contributed by atoms with Gasteiger partial charge in [0, 0.05) is 25.2 Å². The van der Waals surface area contributed by atoms with Crippen LogP contribution in [0.5, 0.6) is 0 Å². The zero-order valence-corrected chi connectivity index (χ0v) is 10.0. The Kier molecular flexibility index (Phi) is 3.82. The maximum Gasteiger partial charge on any atom is 0.225 e. The standard InChI is InChI=1S/C12H22N2O2/c1-9-11(13)5-6-14(9)12(15)8-10-4-2-3-7-16-10/h9-11H,2-8,13H2,1H3. The van der Waals surface area contributed by atoms with E-state index in [4.69, 9.17) is 10.5 Å². The van der Waals surface area contributed by atoms with Crippen molar-refractivity contribution < 1.29 is 9.53 Å². The van der Waals surface area contributed by atoms with Gasteiger partial charge in [-0.15, -0.1) is 0 Å². The highest BCUT2D eigenvalue weighted by Gasteiger charge is 2.32. The molecule has 0 aromatic carbocycles. The summed E-state index contributed by atoms with van der Waals surface area (Å²) in [4.78, 5) is 14.0. The van der Waals surface area contributed by atoms with Crippen LogP contribution in [-0.4, -0.2) is 42.1 Å². The van der Waals surface area contributed by atoms with Crippen molar-refractivity contribution >= 4 is 5.91 Å². The molecular formula is C12H22N2O2. The maximum absolute atomic E-state index is 12.1. The fourth-order valence-electron chi connectivity index (χ4n) is 2.60. The van der Waals surface area contributed by atoms with Gasteiger partial charge in [0.15, 0.2) is 0 Å². The molecule has 2 aliphatic rings. The minimum absolute atomic E-state index is 0.144. The van der Waals surface area contributed by atoms with Crippen LogP contribution in [0.1, 0.15) is 39.0 Å². The second-order valence-electron chi connectivity index (χ2n) is 4.97. The number of nitrogens with two attached hydrogens (primary N) is 1. The molecule has 0 aliphatic carbocycles. The van der Waals surface area contributed by atoms with E-state index in [0.717, 1.165) is 32.4 Å². The molecule has 0 aromatic rings. The molecule has 4 heteroatoms. The van der Waals surface area contributed by atoms with Gasteiger partial charge in [-0.1, -0.05) is 0 Å². The van der Waals surface area contributed by atoms with Gasteiger partial charge in [-0.2, -0.15) is 0 Å². The Bertz CT molecular complexity index is 251. The summed E-state index contributed by atoms with van der Waals surface area (Å²) < 4.78 is 5.59. The topological polar surface area (TPSA) is 55.6 Å². The first-order valence-corrected chi connectivity index (χ1v) is 6.35. The normalized spacial score (nSPS) is 35.4. The highest BCUT2D eigenvalue weighted by Crippen LogP contribution is 2.21. The number of carbonyl (C=O) groups is 1. The predicted molar refractivity (Wildman–Crippen MR) is 62.0 cm³/mol. The van der Waals surface area contributed by atoms with Crippen LogP contribution in [0.25, 0.3) is 0 Å². The third-order valence-electron chi connectivity index (χ3n) is 3.81. The first-order valence-electron chi connectivity index (χ1n) is 6.35. The molecule has 0 radical (unpaired) electrons. The number of carbonyl (C=O) groups excluding carboxylic acids is 1. The Hall–Kier alpha value is -0.610. The first kappa shape index (κ1) is 11.9. The molecular weight excluding hydrogens is 204 g/mol. The molecule has 2 heterocycles. The van der Waals surface area contributed by atoms with Gasteiger partial charge >= 0.3 is 0 Å². The van der Waals surface area contributed by atoms with Crippen LogP contribution in [0.15, 0.2) is 0 Å². The predicted octanol–water partition coefficient (Wildman–Crippen LogP) is 0.894. The van der Waals surface area contributed by atoms with Gasteiger partial charge < -0.3 is 15.4 Å². The molecule has 16 heavy (non-hydrogen) atoms. The number of likely N-dealkylation sites (tertiary alicyclic amines) is 1. The molecule has 1 amide bonds. The molecule has 92 valence electrons. The number of rotatable bonds is 2. The molecule has 2 N–H and O–H groups in total. The van der Waals surface area contributed by atoms with E-state index >= 15 is 0 Å². The molecule has 0 aromatic heterocycles. The Morgan fingerprint density at radius 3 is 2.81 bits per heavy atom. The van der Waals surface area contributed by atoms with E-state index in [1.807, 2.05) is 11.8 Å². The molecule has 3 unspecified atom stereocenters. The molecule has 3 atom stereocenters. The summed E-state index contributed by atoms with van der Waals surface area (Å²) in [5.74, 6) is 0.215. The summed E-state index contributed by atoms with van der Waals surface area (Å²) in [7, 11) is 0. The lowest BCUT2D eigenvalue weighted by Crippen LogP contribution is -2.41. The van der Waals surface area contributed by atoms with Crippen LogP contribution in [0.2, 0.25) is 0 Å². The third kappa shape index (κ3) is 2.55. The summed E-state index contributed by atoms with van der Waals surface area (Å²) in [6, 6.07) is 0.340. The molecule has 0 saturated carbocycles. The SMILES string of the molecule is CC1C(N)CCN1C(=O)CC1CCCCO1.